The lowest BCUT2D eigenvalue weighted by molar-refractivity contribution is 0.0162. The van der Waals surface area contributed by atoms with Gasteiger partial charge in [-0.25, -0.2) is 19.7 Å². The molecule has 34 heavy (non-hydrogen) atoms. The van der Waals surface area contributed by atoms with E-state index in [4.69, 9.17) is 23.9 Å². The topological polar surface area (TPSA) is 95.0 Å². The van der Waals surface area contributed by atoms with E-state index in [1.165, 1.54) is 0 Å². The van der Waals surface area contributed by atoms with E-state index in [1.54, 1.807) is 17.2 Å². The molecule has 3 heterocycles. The van der Waals surface area contributed by atoms with Gasteiger partial charge in [0.2, 0.25) is 11.5 Å². The fourth-order valence-corrected chi connectivity index (χ4v) is 3.71. The fourth-order valence-electron chi connectivity index (χ4n) is 3.71. The molecule has 1 atom stereocenters. The summed E-state index contributed by atoms with van der Waals surface area (Å²) in [6.07, 6.45) is 9.62. The first-order valence-electron chi connectivity index (χ1n) is 11.8. The Labute approximate surface area is 199 Å². The molecule has 1 amide bonds. The Balaban J connectivity index is 1.70. The van der Waals surface area contributed by atoms with Crippen LogP contribution in [0.1, 0.15) is 77.4 Å². The normalized spacial score (nSPS) is 14.7. The van der Waals surface area contributed by atoms with Gasteiger partial charge in [-0.3, -0.25) is 4.90 Å². The van der Waals surface area contributed by atoms with Crippen molar-refractivity contribution in [3.8, 4) is 17.3 Å². The van der Waals surface area contributed by atoms with Crippen molar-refractivity contribution in [3.05, 3.63) is 42.8 Å². The number of carbonyl (C=O) groups is 1. The van der Waals surface area contributed by atoms with E-state index < -0.39 is 17.7 Å². The van der Waals surface area contributed by atoms with Crippen molar-refractivity contribution < 1.29 is 18.7 Å². The van der Waals surface area contributed by atoms with Crippen LogP contribution in [0.15, 0.2) is 35.7 Å². The number of nitrogens with zero attached hydrogens (tertiary/aromatic N) is 5. The molecule has 3 aromatic rings. The second-order valence-corrected chi connectivity index (χ2v) is 9.50. The first-order chi connectivity index (χ1) is 16.2. The van der Waals surface area contributed by atoms with Crippen LogP contribution in [0.3, 0.4) is 0 Å². The van der Waals surface area contributed by atoms with Crippen LogP contribution in [-0.4, -0.2) is 49.1 Å². The number of fused-ring (bicyclic) bond motifs is 1. The zero-order chi connectivity index (χ0) is 24.5. The summed E-state index contributed by atoms with van der Waals surface area (Å²) in [5.74, 6) is 1.82. The maximum absolute atomic E-state index is 12.8. The van der Waals surface area contributed by atoms with Crippen molar-refractivity contribution in [1.82, 2.24) is 24.3 Å². The number of ether oxygens (including phenoxy) is 2. The van der Waals surface area contributed by atoms with Crippen LogP contribution in [0.2, 0.25) is 0 Å². The number of hydrogen-bond donors (Lipinski definition) is 0. The summed E-state index contributed by atoms with van der Waals surface area (Å²) in [4.78, 5) is 28.3. The lowest BCUT2D eigenvalue weighted by Crippen LogP contribution is -2.38. The molecule has 0 saturated heterocycles. The highest BCUT2D eigenvalue weighted by Crippen LogP contribution is 2.45. The Bertz CT molecular complexity index is 1170. The van der Waals surface area contributed by atoms with Gasteiger partial charge in [-0.15, -0.1) is 6.58 Å². The molecule has 0 aromatic carbocycles. The Morgan fingerprint density at radius 1 is 1.38 bits per heavy atom. The van der Waals surface area contributed by atoms with Gasteiger partial charge in [-0.1, -0.05) is 6.08 Å². The van der Waals surface area contributed by atoms with Gasteiger partial charge in [0.15, 0.2) is 5.76 Å². The molecule has 0 aliphatic heterocycles. The van der Waals surface area contributed by atoms with Gasteiger partial charge in [0, 0.05) is 31.1 Å². The van der Waals surface area contributed by atoms with Crippen LogP contribution < -0.4 is 4.74 Å². The standard InChI is InChI=1S/C25H33N5O4/c1-7-9-14-32-23-21-26-12-13-29(21)15-18(27-23)20-19(17-10-11-17)28-22(33-20)16(3)30(8-2)24(31)34-25(4,5)6/h7,12-13,15-17H,1,8-11,14H2,2-6H3/t16-/m1/s1. The van der Waals surface area contributed by atoms with E-state index in [2.05, 4.69) is 11.6 Å². The molecule has 0 spiro atoms. The summed E-state index contributed by atoms with van der Waals surface area (Å²) >= 11 is 0. The van der Waals surface area contributed by atoms with Gasteiger partial charge >= 0.3 is 6.09 Å². The first-order valence-corrected chi connectivity index (χ1v) is 11.8. The molecule has 9 heteroatoms. The summed E-state index contributed by atoms with van der Waals surface area (Å²) in [5.41, 5.74) is 1.53. The van der Waals surface area contributed by atoms with Crippen LogP contribution in [0, 0.1) is 0 Å². The molecule has 1 aliphatic rings. The van der Waals surface area contributed by atoms with Gasteiger partial charge in [0.25, 0.3) is 5.88 Å². The third-order valence-corrected chi connectivity index (χ3v) is 5.56. The second kappa shape index (κ2) is 9.48. The van der Waals surface area contributed by atoms with E-state index in [1.807, 2.05) is 51.4 Å². The van der Waals surface area contributed by atoms with Crippen LogP contribution >= 0.6 is 0 Å². The van der Waals surface area contributed by atoms with Crippen LogP contribution in [0.25, 0.3) is 17.1 Å². The van der Waals surface area contributed by atoms with Crippen molar-refractivity contribution in [2.45, 2.75) is 71.4 Å². The Morgan fingerprint density at radius 3 is 2.79 bits per heavy atom. The monoisotopic (exact) mass is 467 g/mol. The number of amides is 1. The third kappa shape index (κ3) is 5.08. The van der Waals surface area contributed by atoms with Crippen LogP contribution in [0.4, 0.5) is 4.79 Å². The van der Waals surface area contributed by atoms with Crippen molar-refractivity contribution in [2.75, 3.05) is 13.2 Å². The highest BCUT2D eigenvalue weighted by molar-refractivity contribution is 5.68. The zero-order valence-corrected chi connectivity index (χ0v) is 20.6. The molecule has 0 unspecified atom stereocenters. The van der Waals surface area contributed by atoms with Gasteiger partial charge in [0.1, 0.15) is 17.3 Å². The average Bonchev–Trinajstić information content (AvgIpc) is 3.33. The number of rotatable bonds is 9. The van der Waals surface area contributed by atoms with Gasteiger partial charge in [-0.2, -0.15) is 0 Å². The number of carbonyl (C=O) groups excluding carboxylic acids is 1. The van der Waals surface area contributed by atoms with Gasteiger partial charge < -0.3 is 18.3 Å². The minimum Gasteiger partial charge on any atom is -0.475 e. The Kier molecular flexibility index (Phi) is 6.63. The zero-order valence-electron chi connectivity index (χ0n) is 20.6. The molecule has 0 bridgehead atoms. The van der Waals surface area contributed by atoms with Crippen LogP contribution in [0.5, 0.6) is 5.88 Å². The highest BCUT2D eigenvalue weighted by Gasteiger charge is 2.35. The number of oxazole rings is 1. The van der Waals surface area contributed by atoms with Gasteiger partial charge in [-0.05, 0) is 53.9 Å². The smallest absolute Gasteiger partial charge is 0.410 e. The quantitative estimate of drug-likeness (QED) is 0.301. The maximum atomic E-state index is 12.8. The van der Waals surface area contributed by atoms with Crippen molar-refractivity contribution in [2.24, 2.45) is 0 Å². The fraction of sp³-hybridized carbons (Fsp3) is 0.520. The molecule has 1 saturated carbocycles. The molecule has 4 rings (SSSR count). The molecule has 0 radical (unpaired) electrons. The summed E-state index contributed by atoms with van der Waals surface area (Å²) < 4.78 is 19.6. The molecule has 9 nitrogen and oxygen atoms in total. The SMILES string of the molecule is C=CCCOc1nc(-c2oc([C@@H](C)N(CC)C(=O)OC(C)(C)C)nc2C2CC2)cn2ccnc12. The van der Waals surface area contributed by atoms with E-state index >= 15 is 0 Å². The molecule has 1 aliphatic carbocycles. The Morgan fingerprint density at radius 2 is 2.15 bits per heavy atom. The molecule has 182 valence electrons. The van der Waals surface area contributed by atoms with Crippen LogP contribution in [-0.2, 0) is 4.74 Å². The summed E-state index contributed by atoms with van der Waals surface area (Å²) in [5, 5.41) is 0. The lowest BCUT2D eigenvalue weighted by atomic mass is 10.2. The predicted octanol–water partition coefficient (Wildman–Crippen LogP) is 5.53. The van der Waals surface area contributed by atoms with E-state index in [-0.39, 0.29) is 0 Å². The summed E-state index contributed by atoms with van der Waals surface area (Å²) in [6, 6.07) is -0.397. The number of aromatic nitrogens is 4. The molecule has 3 aromatic heterocycles. The Hall–Kier alpha value is -3.36. The minimum absolute atomic E-state index is 0.321. The number of imidazole rings is 1. The number of hydrogen-bond acceptors (Lipinski definition) is 7. The summed E-state index contributed by atoms with van der Waals surface area (Å²) in [6.45, 7) is 14.0. The van der Waals surface area contributed by atoms with E-state index in [0.717, 1.165) is 18.5 Å². The second-order valence-electron chi connectivity index (χ2n) is 9.50. The minimum atomic E-state index is -0.586. The molecular formula is C25H33N5O4. The molecule has 0 N–H and O–H groups in total. The van der Waals surface area contributed by atoms with Crippen molar-refractivity contribution >= 4 is 11.7 Å². The molecule has 1 fully saturated rings. The van der Waals surface area contributed by atoms with E-state index in [9.17, 15) is 4.79 Å². The van der Waals surface area contributed by atoms with E-state index in [0.29, 0.717) is 54.4 Å². The largest absolute Gasteiger partial charge is 0.475 e. The summed E-state index contributed by atoms with van der Waals surface area (Å²) in [7, 11) is 0. The third-order valence-electron chi connectivity index (χ3n) is 5.56. The highest BCUT2D eigenvalue weighted by atomic mass is 16.6. The predicted molar refractivity (Wildman–Crippen MR) is 128 cm³/mol. The first kappa shape index (κ1) is 23.8. The van der Waals surface area contributed by atoms with Gasteiger partial charge in [0.05, 0.1) is 12.3 Å². The lowest BCUT2D eigenvalue weighted by Gasteiger charge is -2.29. The average molecular weight is 468 g/mol. The van der Waals surface area contributed by atoms with Crippen molar-refractivity contribution in [3.63, 3.8) is 0 Å². The maximum Gasteiger partial charge on any atom is 0.410 e. The van der Waals surface area contributed by atoms with Crippen molar-refractivity contribution in [1.29, 1.82) is 0 Å². The molecular weight excluding hydrogens is 434 g/mol.